The van der Waals surface area contributed by atoms with Crippen LogP contribution in [0.2, 0.25) is 0 Å². The van der Waals surface area contributed by atoms with E-state index in [0.717, 1.165) is 12.4 Å². The van der Waals surface area contributed by atoms with Crippen LogP contribution in [0, 0.1) is 0 Å². The Morgan fingerprint density at radius 2 is 2.00 bits per heavy atom. The third-order valence-electron chi connectivity index (χ3n) is 1.29. The summed E-state index contributed by atoms with van der Waals surface area (Å²) in [5.74, 6) is -1.13. The van der Waals surface area contributed by atoms with Gasteiger partial charge in [0.2, 0.25) is 5.84 Å². The molecule has 0 saturated carbocycles. The summed E-state index contributed by atoms with van der Waals surface area (Å²) in [4.78, 5) is 6.37. The molecule has 70 valence electrons. The van der Waals surface area contributed by atoms with Crippen LogP contribution in [-0.2, 0) is 0 Å². The number of aliphatic imine (C=N–C) groups is 2. The molecule has 0 radical (unpaired) electrons. The van der Waals surface area contributed by atoms with E-state index in [-0.39, 0.29) is 0 Å². The van der Waals surface area contributed by atoms with Crippen molar-refractivity contribution in [2.24, 2.45) is 9.98 Å². The Balaban J connectivity index is 2.96. The second-order valence-electron chi connectivity index (χ2n) is 2.46. The number of allylic oxidation sites excluding steroid dienone is 3. The fourth-order valence-electron chi connectivity index (χ4n) is 0.694. The molecule has 0 bridgehead atoms. The van der Waals surface area contributed by atoms with Crippen LogP contribution in [0.15, 0.2) is 33.9 Å². The smallest absolute Gasteiger partial charge is 0.233 e. The summed E-state index contributed by atoms with van der Waals surface area (Å²) in [5.41, 5.74) is 0.646. The van der Waals surface area contributed by atoms with Gasteiger partial charge in [0.05, 0.1) is 0 Å². The Morgan fingerprint density at radius 3 is 2.62 bits per heavy atom. The zero-order valence-electron chi connectivity index (χ0n) is 6.84. The van der Waals surface area contributed by atoms with Crippen molar-refractivity contribution in [1.29, 1.82) is 0 Å². The van der Waals surface area contributed by atoms with Gasteiger partial charge in [0.15, 0.2) is 0 Å². The van der Waals surface area contributed by atoms with Crippen molar-refractivity contribution >= 4 is 12.1 Å². The average molecular weight is 188 g/mol. The summed E-state index contributed by atoms with van der Waals surface area (Å²) in [6.45, 7) is 1.66. The van der Waals surface area contributed by atoms with Gasteiger partial charge >= 0.3 is 6.18 Å². The van der Waals surface area contributed by atoms with Gasteiger partial charge in [0.25, 0.3) is 0 Å². The second kappa shape index (κ2) is 3.55. The maximum atomic E-state index is 12.1. The lowest BCUT2D eigenvalue weighted by Gasteiger charge is -2.04. The molecule has 13 heavy (non-hydrogen) atoms. The van der Waals surface area contributed by atoms with Crippen molar-refractivity contribution in [3.05, 3.63) is 23.9 Å². The summed E-state index contributed by atoms with van der Waals surface area (Å²) in [6, 6.07) is 0. The molecule has 1 rings (SSSR count). The molecule has 0 fully saturated rings. The first-order valence-corrected chi connectivity index (χ1v) is 3.52. The van der Waals surface area contributed by atoms with Gasteiger partial charge in [0.1, 0.15) is 0 Å². The van der Waals surface area contributed by atoms with E-state index in [2.05, 4.69) is 9.98 Å². The first-order valence-electron chi connectivity index (χ1n) is 3.52. The van der Waals surface area contributed by atoms with E-state index in [1.54, 1.807) is 13.0 Å². The number of nitrogens with zero attached hydrogens (tertiary/aromatic N) is 2. The molecule has 0 amide bonds. The third kappa shape index (κ3) is 2.85. The van der Waals surface area contributed by atoms with Gasteiger partial charge in [-0.05, 0) is 18.6 Å². The summed E-state index contributed by atoms with van der Waals surface area (Å²) >= 11 is 0. The normalized spacial score (nSPS) is 20.0. The lowest BCUT2D eigenvalue weighted by atomic mass is 10.3. The van der Waals surface area contributed by atoms with Crippen LogP contribution in [-0.4, -0.2) is 18.2 Å². The molecule has 2 nitrogen and oxygen atoms in total. The van der Waals surface area contributed by atoms with E-state index >= 15 is 0 Å². The van der Waals surface area contributed by atoms with Crippen LogP contribution >= 0.6 is 0 Å². The highest BCUT2D eigenvalue weighted by atomic mass is 19.4. The van der Waals surface area contributed by atoms with Gasteiger partial charge < -0.3 is 0 Å². The summed E-state index contributed by atoms with van der Waals surface area (Å²) < 4.78 is 36.3. The highest BCUT2D eigenvalue weighted by molar-refractivity contribution is 5.98. The van der Waals surface area contributed by atoms with Crippen molar-refractivity contribution in [1.82, 2.24) is 0 Å². The topological polar surface area (TPSA) is 24.7 Å². The lowest BCUT2D eigenvalue weighted by molar-refractivity contribution is -0.0596. The lowest BCUT2D eigenvalue weighted by Crippen LogP contribution is -2.21. The predicted octanol–water partition coefficient (Wildman–Crippen LogP) is 2.49. The van der Waals surface area contributed by atoms with Gasteiger partial charge in [-0.25, -0.2) is 9.98 Å². The van der Waals surface area contributed by atoms with Gasteiger partial charge in [-0.1, -0.05) is 6.08 Å². The van der Waals surface area contributed by atoms with Gasteiger partial charge in [-0.2, -0.15) is 13.2 Å². The minimum Gasteiger partial charge on any atom is -0.233 e. The first kappa shape index (κ1) is 9.70. The maximum Gasteiger partial charge on any atom is 0.451 e. The molecule has 1 heterocycles. The zero-order valence-corrected chi connectivity index (χ0v) is 6.84. The molecular weight excluding hydrogens is 181 g/mol. The highest BCUT2D eigenvalue weighted by Crippen LogP contribution is 2.18. The van der Waals surface area contributed by atoms with Crippen molar-refractivity contribution in [3.63, 3.8) is 0 Å². The third-order valence-corrected chi connectivity index (χ3v) is 1.29. The van der Waals surface area contributed by atoms with Gasteiger partial charge in [-0.3, -0.25) is 0 Å². The Kier molecular flexibility index (Phi) is 2.65. The molecule has 0 atom stereocenters. The van der Waals surface area contributed by atoms with E-state index in [4.69, 9.17) is 0 Å². The minimum absolute atomic E-state index is 0.646. The van der Waals surface area contributed by atoms with Crippen LogP contribution in [0.25, 0.3) is 0 Å². The highest BCUT2D eigenvalue weighted by Gasteiger charge is 2.35. The summed E-state index contributed by atoms with van der Waals surface area (Å²) in [7, 11) is 0. The first-order chi connectivity index (χ1) is 6.00. The molecule has 1 aliphatic rings. The standard InChI is InChI=1S/C8H7F3N2/c1-6-3-2-4-12-7(13-5-6)8(9,10)11/h2-5H,1H3/b3-2?,4-2-,6-3?,6-5?,12-4?,12-7?,13-5?,13-7?. The van der Waals surface area contributed by atoms with E-state index in [1.807, 2.05) is 0 Å². The van der Waals surface area contributed by atoms with Crippen LogP contribution in [0.5, 0.6) is 0 Å². The average Bonchev–Trinajstić information content (AvgIpc) is 1.94. The summed E-state index contributed by atoms with van der Waals surface area (Å²) in [5, 5.41) is 0. The van der Waals surface area contributed by atoms with Crippen molar-refractivity contribution in [2.45, 2.75) is 13.1 Å². The minimum atomic E-state index is -4.49. The van der Waals surface area contributed by atoms with E-state index in [0.29, 0.717) is 5.57 Å². The van der Waals surface area contributed by atoms with Crippen LogP contribution in [0.4, 0.5) is 13.2 Å². The monoisotopic (exact) mass is 188 g/mol. The van der Waals surface area contributed by atoms with Crippen molar-refractivity contribution < 1.29 is 13.2 Å². The maximum absolute atomic E-state index is 12.1. The Morgan fingerprint density at radius 1 is 1.31 bits per heavy atom. The second-order valence-corrected chi connectivity index (χ2v) is 2.46. The van der Waals surface area contributed by atoms with Crippen LogP contribution in [0.3, 0.4) is 0 Å². The fraction of sp³-hybridized carbons (Fsp3) is 0.250. The van der Waals surface area contributed by atoms with E-state index < -0.39 is 12.0 Å². The molecular formula is C8H7F3N2. The zero-order chi connectivity index (χ0) is 9.90. The molecule has 0 aromatic rings. The largest absolute Gasteiger partial charge is 0.451 e. The van der Waals surface area contributed by atoms with E-state index in [9.17, 15) is 13.2 Å². The van der Waals surface area contributed by atoms with Crippen LogP contribution in [0.1, 0.15) is 6.92 Å². The molecule has 0 saturated heterocycles. The van der Waals surface area contributed by atoms with Crippen LogP contribution < -0.4 is 0 Å². The van der Waals surface area contributed by atoms with Gasteiger partial charge in [-0.15, -0.1) is 0 Å². The number of halogens is 3. The molecule has 0 spiro atoms. The molecule has 0 aliphatic carbocycles. The predicted molar refractivity (Wildman–Crippen MR) is 44.9 cm³/mol. The Bertz CT molecular complexity index is 308. The summed E-state index contributed by atoms with van der Waals surface area (Å²) in [6.07, 6.45) is 0.781. The van der Waals surface area contributed by atoms with Crippen molar-refractivity contribution in [3.8, 4) is 0 Å². The van der Waals surface area contributed by atoms with Crippen molar-refractivity contribution in [2.75, 3.05) is 0 Å². The molecule has 0 N–H and O–H groups in total. The van der Waals surface area contributed by atoms with Gasteiger partial charge in [0, 0.05) is 12.4 Å². The number of alkyl halides is 3. The molecule has 0 aromatic heterocycles. The molecule has 0 unspecified atom stereocenters. The SMILES string of the molecule is CC1=C/C=C\N=C(C(F)(F)F)N=C1. The number of amidine groups is 1. The Hall–Kier alpha value is -1.39. The Labute approximate surface area is 73.2 Å². The molecule has 0 aromatic carbocycles. The fourth-order valence-corrected chi connectivity index (χ4v) is 0.694. The molecule has 5 heteroatoms. The quantitative estimate of drug-likeness (QED) is 0.558. The number of hydrogen-bond donors (Lipinski definition) is 0. The molecule has 1 aliphatic heterocycles. The number of hydrogen-bond acceptors (Lipinski definition) is 2. The van der Waals surface area contributed by atoms with E-state index in [1.165, 1.54) is 6.08 Å². The number of rotatable bonds is 0.